The molecule has 0 spiro atoms. The van der Waals surface area contributed by atoms with Gasteiger partial charge in [-0.05, 0) is 66.8 Å². The van der Waals surface area contributed by atoms with Crippen LogP contribution in [0, 0.1) is 0 Å². The number of hydrogen-bond donors (Lipinski definition) is 3. The van der Waals surface area contributed by atoms with Crippen molar-refractivity contribution >= 4 is 62.9 Å². The van der Waals surface area contributed by atoms with E-state index in [-0.39, 0.29) is 5.11 Å². The lowest BCUT2D eigenvalue weighted by Crippen LogP contribution is -2.27. The average molecular weight is 456 g/mol. The summed E-state index contributed by atoms with van der Waals surface area (Å²) in [7, 11) is -1.49. The average Bonchev–Trinajstić information content (AvgIpc) is 2.64. The van der Waals surface area contributed by atoms with Gasteiger partial charge in [-0.3, -0.25) is 0 Å². The number of anilines is 2. The Bertz CT molecular complexity index is 962. The molecule has 1 atom stereocenters. The summed E-state index contributed by atoms with van der Waals surface area (Å²) in [6, 6.07) is 11.7. The molecule has 0 radical (unpaired) electrons. The summed E-state index contributed by atoms with van der Waals surface area (Å²) in [4.78, 5) is 0.552. The molecule has 0 aliphatic rings. The molecular weight excluding hydrogens is 440 g/mol. The van der Waals surface area contributed by atoms with E-state index in [4.69, 9.17) is 35.4 Å². The highest BCUT2D eigenvalue weighted by molar-refractivity contribution is 7.86. The summed E-state index contributed by atoms with van der Waals surface area (Å²) < 4.78 is 28.1. The molecule has 0 bridgehead atoms. The molecule has 0 aliphatic heterocycles. The third-order valence-electron chi connectivity index (χ3n) is 3.25. The number of hydrogen-bond acceptors (Lipinski definition) is 2. The SMILES string of the molecule is C=C/C(=C\C(=C)F)NC(=S)Nc1ccc(S(=O)Nc2ccc(Cl)c(Cl)c2)cc1. The number of benzene rings is 2. The van der Waals surface area contributed by atoms with Gasteiger partial charge < -0.3 is 15.4 Å². The van der Waals surface area contributed by atoms with Gasteiger partial charge in [0.1, 0.15) is 16.8 Å². The van der Waals surface area contributed by atoms with E-state index in [2.05, 4.69) is 28.5 Å². The normalized spacial score (nSPS) is 12.0. The fraction of sp³-hybridized carbons (Fsp3) is 0. The lowest BCUT2D eigenvalue weighted by atomic mass is 10.3. The topological polar surface area (TPSA) is 53.2 Å². The molecular formula is C19H16Cl2FN3OS2. The quantitative estimate of drug-likeness (QED) is 0.355. The summed E-state index contributed by atoms with van der Waals surface area (Å²) in [6.07, 6.45) is 2.58. The fourth-order valence-corrected chi connectivity index (χ4v) is 3.37. The summed E-state index contributed by atoms with van der Waals surface area (Å²) in [5.41, 5.74) is 1.61. The van der Waals surface area contributed by atoms with Crippen molar-refractivity contribution < 1.29 is 8.60 Å². The van der Waals surface area contributed by atoms with Gasteiger partial charge in [0.05, 0.1) is 14.9 Å². The molecule has 0 amide bonds. The molecule has 0 aromatic heterocycles. The van der Waals surface area contributed by atoms with E-state index in [1.165, 1.54) is 12.2 Å². The second-order valence-corrected chi connectivity index (χ2v) is 7.79. The zero-order valence-corrected chi connectivity index (χ0v) is 17.6. The van der Waals surface area contributed by atoms with Crippen LogP contribution in [0.1, 0.15) is 0 Å². The van der Waals surface area contributed by atoms with E-state index in [9.17, 15) is 8.60 Å². The van der Waals surface area contributed by atoms with Crippen molar-refractivity contribution in [2.45, 2.75) is 4.90 Å². The first-order chi connectivity index (χ1) is 13.3. The van der Waals surface area contributed by atoms with Crippen molar-refractivity contribution in [3.05, 3.63) is 89.3 Å². The van der Waals surface area contributed by atoms with Gasteiger partial charge in [0.2, 0.25) is 0 Å². The molecule has 0 saturated heterocycles. The van der Waals surface area contributed by atoms with E-state index in [1.54, 1.807) is 42.5 Å². The van der Waals surface area contributed by atoms with Crippen LogP contribution < -0.4 is 15.4 Å². The van der Waals surface area contributed by atoms with Crippen molar-refractivity contribution in [1.82, 2.24) is 5.32 Å². The number of nitrogens with one attached hydrogen (secondary N) is 3. The van der Waals surface area contributed by atoms with E-state index in [0.717, 1.165) is 0 Å². The van der Waals surface area contributed by atoms with Gasteiger partial charge >= 0.3 is 0 Å². The van der Waals surface area contributed by atoms with Gasteiger partial charge in [-0.2, -0.15) is 0 Å². The summed E-state index contributed by atoms with van der Waals surface area (Å²) in [5, 5.41) is 6.77. The van der Waals surface area contributed by atoms with Crippen LogP contribution in [-0.2, 0) is 11.0 Å². The van der Waals surface area contributed by atoms with Crippen molar-refractivity contribution in [1.29, 1.82) is 0 Å². The highest BCUT2D eigenvalue weighted by atomic mass is 35.5. The maximum absolute atomic E-state index is 12.9. The van der Waals surface area contributed by atoms with Gasteiger partial charge in [0.25, 0.3) is 0 Å². The van der Waals surface area contributed by atoms with Crippen LogP contribution in [0.25, 0.3) is 0 Å². The smallest absolute Gasteiger partial charge is 0.175 e. The van der Waals surface area contributed by atoms with E-state index in [0.29, 0.717) is 32.0 Å². The Morgan fingerprint density at radius 1 is 1.11 bits per heavy atom. The molecule has 28 heavy (non-hydrogen) atoms. The molecule has 1 unspecified atom stereocenters. The van der Waals surface area contributed by atoms with Crippen LogP contribution >= 0.6 is 35.4 Å². The van der Waals surface area contributed by atoms with E-state index >= 15 is 0 Å². The number of allylic oxidation sites excluding steroid dienone is 3. The summed E-state index contributed by atoms with van der Waals surface area (Å²) >= 11 is 17.0. The third kappa shape index (κ3) is 6.76. The Morgan fingerprint density at radius 2 is 1.75 bits per heavy atom. The van der Waals surface area contributed by atoms with Gasteiger partial charge in [0.15, 0.2) is 5.11 Å². The van der Waals surface area contributed by atoms with Crippen molar-refractivity contribution in [3.63, 3.8) is 0 Å². The molecule has 0 fully saturated rings. The minimum Gasteiger partial charge on any atom is -0.332 e. The largest absolute Gasteiger partial charge is 0.332 e. The van der Waals surface area contributed by atoms with Gasteiger partial charge in [-0.15, -0.1) is 0 Å². The van der Waals surface area contributed by atoms with Gasteiger partial charge in [0, 0.05) is 17.1 Å². The number of halogens is 3. The van der Waals surface area contributed by atoms with Crippen molar-refractivity contribution in [2.75, 3.05) is 10.0 Å². The minimum atomic E-state index is -1.49. The molecule has 0 aliphatic carbocycles. The highest BCUT2D eigenvalue weighted by Crippen LogP contribution is 2.26. The molecule has 4 nitrogen and oxygen atoms in total. The van der Waals surface area contributed by atoms with Crippen molar-refractivity contribution in [2.24, 2.45) is 0 Å². The Morgan fingerprint density at radius 3 is 2.32 bits per heavy atom. The molecule has 0 saturated carbocycles. The third-order valence-corrected chi connectivity index (χ3v) is 5.31. The Balaban J connectivity index is 1.99. The first-order valence-electron chi connectivity index (χ1n) is 7.78. The molecule has 2 rings (SSSR count). The van der Waals surface area contributed by atoms with Crippen LogP contribution in [0.15, 0.2) is 84.2 Å². The summed E-state index contributed by atoms with van der Waals surface area (Å²) in [5.74, 6) is -0.619. The van der Waals surface area contributed by atoms with Crippen LogP contribution in [0.3, 0.4) is 0 Å². The standard InChI is InChI=1S/C19H16Cl2FN3OS2/c1-3-13(10-12(2)22)23-19(27)24-14-4-7-16(8-5-14)28(26)25-15-6-9-17(20)18(21)11-15/h3-11,25H,1-2H2,(H2,23,24,27)/b13-10+. The first kappa shape index (κ1) is 22.1. The maximum atomic E-state index is 12.9. The Kier molecular flexibility index (Phi) is 8.19. The predicted octanol–water partition coefficient (Wildman–Crippen LogP) is 5.97. The maximum Gasteiger partial charge on any atom is 0.175 e. The van der Waals surface area contributed by atoms with Crippen molar-refractivity contribution in [3.8, 4) is 0 Å². The lowest BCUT2D eigenvalue weighted by molar-refractivity contribution is 0.669. The van der Waals surface area contributed by atoms with E-state index < -0.39 is 16.8 Å². The molecule has 3 N–H and O–H groups in total. The second-order valence-electron chi connectivity index (χ2n) is 5.35. The second kappa shape index (κ2) is 10.4. The lowest BCUT2D eigenvalue weighted by Gasteiger charge is -2.12. The number of thiocarbonyl (C=S) groups is 1. The molecule has 146 valence electrons. The Hall–Kier alpha value is -2.19. The molecule has 2 aromatic rings. The summed E-state index contributed by atoms with van der Waals surface area (Å²) in [6.45, 7) is 6.72. The number of rotatable bonds is 7. The zero-order valence-electron chi connectivity index (χ0n) is 14.5. The highest BCUT2D eigenvalue weighted by Gasteiger charge is 2.07. The minimum absolute atomic E-state index is 0.246. The monoisotopic (exact) mass is 455 g/mol. The molecule has 2 aromatic carbocycles. The first-order valence-corrected chi connectivity index (χ1v) is 10.1. The van der Waals surface area contributed by atoms with Gasteiger partial charge in [-0.25, -0.2) is 8.60 Å². The Labute approximate surface area is 180 Å². The van der Waals surface area contributed by atoms with E-state index in [1.807, 2.05) is 0 Å². The fourth-order valence-electron chi connectivity index (χ4n) is 2.00. The molecule has 9 heteroatoms. The van der Waals surface area contributed by atoms with Crippen LogP contribution in [0.4, 0.5) is 15.8 Å². The van der Waals surface area contributed by atoms with Gasteiger partial charge in [-0.1, -0.05) is 36.4 Å². The van der Waals surface area contributed by atoms with Crippen LogP contribution in [-0.4, -0.2) is 9.32 Å². The van der Waals surface area contributed by atoms with Crippen LogP contribution in [0.2, 0.25) is 10.0 Å². The molecule has 0 heterocycles. The van der Waals surface area contributed by atoms with Crippen LogP contribution in [0.5, 0.6) is 0 Å². The predicted molar refractivity (Wildman–Crippen MR) is 121 cm³/mol. The zero-order chi connectivity index (χ0) is 20.7.